The number of carbonyl (C=O) groups excluding carboxylic acids is 1. The SMILES string of the molecule is Cn1ncc2cc3cccc(CC4(C(=O)Nc5cncc(/C=C/C(=O)O)c5)CCCCC4)c3cc21. The van der Waals surface area contributed by atoms with Crippen molar-refractivity contribution < 1.29 is 14.7 Å². The van der Waals surface area contributed by atoms with E-state index in [2.05, 4.69) is 45.7 Å². The van der Waals surface area contributed by atoms with Crippen LogP contribution in [-0.2, 0) is 23.1 Å². The maximum absolute atomic E-state index is 13.8. The molecule has 1 aliphatic rings. The zero-order valence-electron chi connectivity index (χ0n) is 19.7. The molecule has 0 spiro atoms. The molecule has 0 radical (unpaired) electrons. The number of aliphatic carboxylic acids is 1. The van der Waals surface area contributed by atoms with Crippen LogP contribution < -0.4 is 5.32 Å². The number of aryl methyl sites for hydroxylation is 1. The van der Waals surface area contributed by atoms with Gasteiger partial charge in [-0.1, -0.05) is 37.5 Å². The van der Waals surface area contributed by atoms with E-state index in [0.717, 1.165) is 59.9 Å². The minimum absolute atomic E-state index is 0.00280. The number of pyridine rings is 1. The van der Waals surface area contributed by atoms with Crippen molar-refractivity contribution in [1.29, 1.82) is 0 Å². The molecule has 2 heterocycles. The van der Waals surface area contributed by atoms with E-state index in [1.165, 1.54) is 11.6 Å². The second kappa shape index (κ2) is 9.33. The van der Waals surface area contributed by atoms with E-state index in [4.69, 9.17) is 5.11 Å². The van der Waals surface area contributed by atoms with Gasteiger partial charge < -0.3 is 10.4 Å². The molecule has 1 amide bonds. The van der Waals surface area contributed by atoms with E-state index in [9.17, 15) is 9.59 Å². The van der Waals surface area contributed by atoms with Crippen LogP contribution in [0, 0.1) is 5.41 Å². The number of amides is 1. The summed E-state index contributed by atoms with van der Waals surface area (Å²) in [6.45, 7) is 0. The van der Waals surface area contributed by atoms with Crippen LogP contribution >= 0.6 is 0 Å². The molecule has 35 heavy (non-hydrogen) atoms. The highest BCUT2D eigenvalue weighted by atomic mass is 16.4. The Morgan fingerprint density at radius 3 is 2.71 bits per heavy atom. The lowest BCUT2D eigenvalue weighted by Gasteiger charge is -2.36. The van der Waals surface area contributed by atoms with Crippen LogP contribution in [0.15, 0.2) is 61.1 Å². The number of fused-ring (bicyclic) bond motifs is 2. The van der Waals surface area contributed by atoms with E-state index in [1.807, 2.05) is 17.9 Å². The van der Waals surface area contributed by atoms with Crippen LogP contribution in [-0.4, -0.2) is 31.7 Å². The fourth-order valence-electron chi connectivity index (χ4n) is 5.27. The van der Waals surface area contributed by atoms with Crippen molar-refractivity contribution in [3.05, 3.63) is 72.2 Å². The number of anilines is 1. The maximum atomic E-state index is 13.8. The van der Waals surface area contributed by atoms with Crippen molar-refractivity contribution in [3.8, 4) is 0 Å². The van der Waals surface area contributed by atoms with Gasteiger partial charge in [-0.2, -0.15) is 5.10 Å². The second-order valence-electron chi connectivity index (χ2n) is 9.47. The predicted octanol–water partition coefficient (Wildman–Crippen LogP) is 5.35. The van der Waals surface area contributed by atoms with E-state index >= 15 is 0 Å². The third-order valence-electron chi connectivity index (χ3n) is 7.09. The van der Waals surface area contributed by atoms with Gasteiger partial charge >= 0.3 is 5.97 Å². The lowest BCUT2D eigenvalue weighted by Crippen LogP contribution is -2.40. The molecule has 0 bridgehead atoms. The summed E-state index contributed by atoms with van der Waals surface area (Å²) in [5.74, 6) is -1.03. The van der Waals surface area contributed by atoms with Crippen LogP contribution in [0.2, 0.25) is 0 Å². The molecule has 178 valence electrons. The molecule has 2 aromatic carbocycles. The number of aromatic nitrogens is 3. The van der Waals surface area contributed by atoms with Crippen LogP contribution in [0.1, 0.15) is 43.2 Å². The van der Waals surface area contributed by atoms with Gasteiger partial charge in [0.25, 0.3) is 0 Å². The van der Waals surface area contributed by atoms with Crippen LogP contribution in [0.5, 0.6) is 0 Å². The number of benzene rings is 2. The second-order valence-corrected chi connectivity index (χ2v) is 9.47. The van der Waals surface area contributed by atoms with Gasteiger partial charge in [-0.05, 0) is 65.4 Å². The summed E-state index contributed by atoms with van der Waals surface area (Å²) < 4.78 is 1.88. The molecule has 4 aromatic rings. The highest BCUT2D eigenvalue weighted by Crippen LogP contribution is 2.42. The molecule has 2 aromatic heterocycles. The molecule has 0 atom stereocenters. The standard InChI is InChI=1S/C28H28N4O3/c1-32-25-14-24-20(13-22(25)17-30-32)6-5-7-21(24)15-28(10-3-2-4-11-28)27(35)31-23-12-19(16-29-18-23)8-9-26(33)34/h5-9,12-14,16-18H,2-4,10-11,15H2,1H3,(H,31,35)(H,33,34)/b9-8+. The summed E-state index contributed by atoms with van der Waals surface area (Å²) in [6, 6.07) is 12.4. The van der Waals surface area contributed by atoms with Gasteiger partial charge in [0.05, 0.1) is 29.0 Å². The highest BCUT2D eigenvalue weighted by molar-refractivity contribution is 5.99. The molecule has 0 saturated heterocycles. The summed E-state index contributed by atoms with van der Waals surface area (Å²) in [4.78, 5) is 28.8. The van der Waals surface area contributed by atoms with Gasteiger partial charge in [0, 0.05) is 24.7 Å². The third kappa shape index (κ3) is 4.67. The van der Waals surface area contributed by atoms with Crippen molar-refractivity contribution in [2.45, 2.75) is 38.5 Å². The third-order valence-corrected chi connectivity index (χ3v) is 7.09. The van der Waals surface area contributed by atoms with Crippen molar-refractivity contribution in [2.24, 2.45) is 12.5 Å². The van der Waals surface area contributed by atoms with Crippen molar-refractivity contribution >= 4 is 45.3 Å². The average molecular weight is 469 g/mol. The van der Waals surface area contributed by atoms with Gasteiger partial charge in [0.15, 0.2) is 0 Å². The predicted molar refractivity (Wildman–Crippen MR) is 137 cm³/mol. The summed E-state index contributed by atoms with van der Waals surface area (Å²) >= 11 is 0. The number of carboxylic acid groups (broad SMARTS) is 1. The van der Waals surface area contributed by atoms with E-state index < -0.39 is 11.4 Å². The lowest BCUT2D eigenvalue weighted by molar-refractivity contribution is -0.131. The lowest BCUT2D eigenvalue weighted by atomic mass is 9.69. The summed E-state index contributed by atoms with van der Waals surface area (Å²) in [5.41, 5.74) is 2.92. The molecule has 5 rings (SSSR count). The van der Waals surface area contributed by atoms with Crippen molar-refractivity contribution in [1.82, 2.24) is 14.8 Å². The first-order valence-corrected chi connectivity index (χ1v) is 11.9. The summed E-state index contributed by atoms with van der Waals surface area (Å²) in [7, 11) is 1.95. The molecule has 2 N–H and O–H groups in total. The molecular weight excluding hydrogens is 440 g/mol. The first kappa shape index (κ1) is 22.8. The topological polar surface area (TPSA) is 97.1 Å². The summed E-state index contributed by atoms with van der Waals surface area (Å²) in [6.07, 6.45) is 13.1. The van der Waals surface area contributed by atoms with Gasteiger partial charge in [-0.3, -0.25) is 14.5 Å². The number of rotatable bonds is 6. The molecule has 1 aliphatic carbocycles. The Bertz CT molecular complexity index is 1450. The average Bonchev–Trinajstić information content (AvgIpc) is 3.22. The van der Waals surface area contributed by atoms with Crippen LogP contribution in [0.25, 0.3) is 27.8 Å². The first-order valence-electron chi connectivity index (χ1n) is 11.9. The molecule has 0 unspecified atom stereocenters. The largest absolute Gasteiger partial charge is 0.478 e. The van der Waals surface area contributed by atoms with E-state index in [1.54, 1.807) is 18.5 Å². The van der Waals surface area contributed by atoms with Gasteiger partial charge in [0.1, 0.15) is 0 Å². The summed E-state index contributed by atoms with van der Waals surface area (Å²) in [5, 5.41) is 19.8. The van der Waals surface area contributed by atoms with E-state index in [-0.39, 0.29) is 5.91 Å². The van der Waals surface area contributed by atoms with Crippen molar-refractivity contribution in [3.63, 3.8) is 0 Å². The fourth-order valence-corrected chi connectivity index (χ4v) is 5.27. The zero-order chi connectivity index (χ0) is 24.4. The van der Waals surface area contributed by atoms with E-state index in [0.29, 0.717) is 17.7 Å². The van der Waals surface area contributed by atoms with Gasteiger partial charge in [-0.15, -0.1) is 0 Å². The molecule has 0 aliphatic heterocycles. The quantitative estimate of drug-likeness (QED) is 0.372. The van der Waals surface area contributed by atoms with Crippen LogP contribution in [0.4, 0.5) is 5.69 Å². The Kier molecular flexibility index (Phi) is 6.07. The smallest absolute Gasteiger partial charge is 0.328 e. The Hall–Kier alpha value is -4.00. The normalized spacial score (nSPS) is 15.6. The van der Waals surface area contributed by atoms with Gasteiger partial charge in [-0.25, -0.2) is 4.79 Å². The number of nitrogens with zero attached hydrogens (tertiary/aromatic N) is 3. The number of nitrogens with one attached hydrogen (secondary N) is 1. The number of hydrogen-bond acceptors (Lipinski definition) is 4. The van der Waals surface area contributed by atoms with Crippen LogP contribution in [0.3, 0.4) is 0 Å². The highest BCUT2D eigenvalue weighted by Gasteiger charge is 2.40. The van der Waals surface area contributed by atoms with Gasteiger partial charge in [0.2, 0.25) is 5.91 Å². The number of carboxylic acids is 1. The Labute approximate surface area is 203 Å². The van der Waals surface area contributed by atoms with Crippen molar-refractivity contribution in [2.75, 3.05) is 5.32 Å². The Balaban J connectivity index is 1.48. The monoisotopic (exact) mass is 468 g/mol. The minimum atomic E-state index is -1.03. The fraction of sp³-hybridized carbons (Fsp3) is 0.286. The molecule has 1 saturated carbocycles. The molecule has 7 nitrogen and oxygen atoms in total. The minimum Gasteiger partial charge on any atom is -0.478 e. The molecular formula is C28H28N4O3. The zero-order valence-corrected chi connectivity index (χ0v) is 19.7. The number of hydrogen-bond donors (Lipinski definition) is 2. The molecule has 7 heteroatoms. The maximum Gasteiger partial charge on any atom is 0.328 e. The Morgan fingerprint density at radius 2 is 1.91 bits per heavy atom. The Morgan fingerprint density at radius 1 is 1.09 bits per heavy atom. The first-order chi connectivity index (χ1) is 16.9. The number of carbonyl (C=O) groups is 2. The molecule has 1 fully saturated rings.